The van der Waals surface area contributed by atoms with E-state index in [1.54, 1.807) is 31.0 Å². The summed E-state index contributed by atoms with van der Waals surface area (Å²) in [6.07, 6.45) is 3.23. The Balaban J connectivity index is 2.12. The number of carbonyl (C=O) groups is 1. The van der Waals surface area contributed by atoms with E-state index in [0.717, 1.165) is 0 Å². The number of aromatic nitrogens is 2. The third kappa shape index (κ3) is 2.97. The van der Waals surface area contributed by atoms with Gasteiger partial charge in [-0.15, -0.1) is 0 Å². The molecule has 0 radical (unpaired) electrons. The summed E-state index contributed by atoms with van der Waals surface area (Å²) in [6.45, 7) is 1.72. The number of nitrogens with two attached hydrogens (primary N) is 1. The topological polar surface area (TPSA) is 72.9 Å². The molecule has 0 spiro atoms. The highest BCUT2D eigenvalue weighted by Crippen LogP contribution is 2.18. The average Bonchev–Trinajstić information content (AvgIpc) is 2.78. The third-order valence-corrected chi connectivity index (χ3v) is 2.81. The number of amides is 1. The van der Waals surface area contributed by atoms with E-state index in [0.29, 0.717) is 16.8 Å². The second-order valence-corrected chi connectivity index (χ2v) is 4.37. The van der Waals surface area contributed by atoms with Gasteiger partial charge in [0.05, 0.1) is 6.20 Å². The van der Waals surface area contributed by atoms with E-state index in [4.69, 9.17) is 5.73 Å². The average molecular weight is 262 g/mol. The van der Waals surface area contributed by atoms with Crippen LogP contribution in [0.25, 0.3) is 0 Å². The van der Waals surface area contributed by atoms with Crippen LogP contribution in [0.4, 0.5) is 10.1 Å². The van der Waals surface area contributed by atoms with Gasteiger partial charge in [-0.3, -0.25) is 9.48 Å². The van der Waals surface area contributed by atoms with Crippen LogP contribution in [-0.2, 0) is 11.8 Å². The van der Waals surface area contributed by atoms with E-state index in [-0.39, 0.29) is 11.7 Å². The van der Waals surface area contributed by atoms with Crippen molar-refractivity contribution in [1.29, 1.82) is 0 Å². The molecule has 1 amide bonds. The predicted molar refractivity (Wildman–Crippen MR) is 69.9 cm³/mol. The number of hydrogen-bond donors (Lipinski definition) is 2. The normalized spacial score (nSPS) is 12.2. The van der Waals surface area contributed by atoms with E-state index in [2.05, 4.69) is 10.4 Å². The summed E-state index contributed by atoms with van der Waals surface area (Å²) in [7, 11) is 1.75. The molecule has 0 fully saturated rings. The van der Waals surface area contributed by atoms with E-state index >= 15 is 0 Å². The van der Waals surface area contributed by atoms with Gasteiger partial charge in [-0.25, -0.2) is 4.39 Å². The molecule has 2 aromatic rings. The van der Waals surface area contributed by atoms with Crippen LogP contribution in [0.2, 0.25) is 0 Å². The lowest BCUT2D eigenvalue weighted by Gasteiger charge is -2.12. The Hall–Kier alpha value is -2.21. The number of hydrogen-bond acceptors (Lipinski definition) is 3. The third-order valence-electron chi connectivity index (χ3n) is 2.81. The van der Waals surface area contributed by atoms with Crippen molar-refractivity contribution in [3.63, 3.8) is 0 Å². The molecule has 0 saturated carbocycles. The molecule has 1 aromatic heterocycles. The first kappa shape index (κ1) is 13.2. The molecule has 0 aliphatic carbocycles. The Labute approximate surface area is 110 Å². The largest absolute Gasteiger partial charge is 0.324 e. The molecule has 0 aliphatic heterocycles. The first-order valence-corrected chi connectivity index (χ1v) is 5.78. The summed E-state index contributed by atoms with van der Waals surface area (Å²) in [6, 6.07) is 3.35. The van der Waals surface area contributed by atoms with Crippen LogP contribution in [0, 0.1) is 12.7 Å². The molecular weight excluding hydrogens is 247 g/mol. The lowest BCUT2D eigenvalue weighted by molar-refractivity contribution is -0.117. The van der Waals surface area contributed by atoms with Gasteiger partial charge in [-0.1, -0.05) is 0 Å². The van der Waals surface area contributed by atoms with Crippen molar-refractivity contribution in [1.82, 2.24) is 9.78 Å². The Morgan fingerprint density at radius 1 is 1.53 bits per heavy atom. The van der Waals surface area contributed by atoms with Gasteiger partial charge in [0.1, 0.15) is 11.9 Å². The Morgan fingerprint density at radius 3 is 2.84 bits per heavy atom. The Kier molecular flexibility index (Phi) is 3.62. The fraction of sp³-hybridized carbons (Fsp3) is 0.231. The minimum absolute atomic E-state index is 0.341. The lowest BCUT2D eigenvalue weighted by atomic mass is 10.1. The van der Waals surface area contributed by atoms with Crippen molar-refractivity contribution in [2.75, 3.05) is 5.32 Å². The van der Waals surface area contributed by atoms with Gasteiger partial charge in [0.2, 0.25) is 5.91 Å². The molecule has 1 atom stereocenters. The van der Waals surface area contributed by atoms with Crippen LogP contribution in [0.5, 0.6) is 0 Å². The van der Waals surface area contributed by atoms with E-state index < -0.39 is 6.04 Å². The first-order valence-electron chi connectivity index (χ1n) is 5.78. The molecule has 5 nitrogen and oxygen atoms in total. The zero-order valence-electron chi connectivity index (χ0n) is 10.7. The molecule has 3 N–H and O–H groups in total. The summed E-state index contributed by atoms with van der Waals surface area (Å²) >= 11 is 0. The van der Waals surface area contributed by atoms with Gasteiger partial charge >= 0.3 is 0 Å². The van der Waals surface area contributed by atoms with Crippen molar-refractivity contribution in [2.45, 2.75) is 13.0 Å². The standard InChI is InChI=1S/C13H15FN4O/c1-8-5-10(14)3-4-11(8)17-13(19)12(15)9-6-16-18(2)7-9/h3-7,12H,15H2,1-2H3,(H,17,19). The number of anilines is 1. The molecule has 1 heterocycles. The monoisotopic (exact) mass is 262 g/mol. The molecule has 19 heavy (non-hydrogen) atoms. The van der Waals surface area contributed by atoms with Crippen LogP contribution in [0.3, 0.4) is 0 Å². The highest BCUT2D eigenvalue weighted by Gasteiger charge is 2.18. The molecule has 2 rings (SSSR count). The molecule has 1 unspecified atom stereocenters. The van der Waals surface area contributed by atoms with Crippen molar-refractivity contribution in [3.8, 4) is 0 Å². The van der Waals surface area contributed by atoms with Crippen LogP contribution in [0.1, 0.15) is 17.2 Å². The van der Waals surface area contributed by atoms with Crippen molar-refractivity contribution in [3.05, 3.63) is 47.5 Å². The Bertz CT molecular complexity index is 608. The number of nitrogens with zero attached hydrogens (tertiary/aromatic N) is 2. The fourth-order valence-corrected chi connectivity index (χ4v) is 1.73. The smallest absolute Gasteiger partial charge is 0.246 e. The molecule has 0 bridgehead atoms. The number of carbonyl (C=O) groups excluding carboxylic acids is 1. The summed E-state index contributed by atoms with van der Waals surface area (Å²) in [4.78, 5) is 12.0. The predicted octanol–water partition coefficient (Wildman–Crippen LogP) is 1.51. The summed E-state index contributed by atoms with van der Waals surface area (Å²) in [5, 5.41) is 6.64. The van der Waals surface area contributed by atoms with Crippen LogP contribution >= 0.6 is 0 Å². The van der Waals surface area contributed by atoms with Gasteiger partial charge in [-0.2, -0.15) is 5.10 Å². The SMILES string of the molecule is Cc1cc(F)ccc1NC(=O)C(N)c1cnn(C)c1. The van der Waals surface area contributed by atoms with Crippen LogP contribution < -0.4 is 11.1 Å². The number of benzene rings is 1. The number of aryl methyl sites for hydroxylation is 2. The van der Waals surface area contributed by atoms with Gasteiger partial charge in [-0.05, 0) is 30.7 Å². The van der Waals surface area contributed by atoms with E-state index in [1.165, 1.54) is 18.2 Å². The second-order valence-electron chi connectivity index (χ2n) is 4.37. The minimum atomic E-state index is -0.807. The van der Waals surface area contributed by atoms with Crippen LogP contribution in [-0.4, -0.2) is 15.7 Å². The number of rotatable bonds is 3. The zero-order valence-corrected chi connectivity index (χ0v) is 10.7. The molecule has 6 heteroatoms. The zero-order chi connectivity index (χ0) is 14.0. The second kappa shape index (κ2) is 5.19. The van der Waals surface area contributed by atoms with Crippen molar-refractivity contribution < 1.29 is 9.18 Å². The Morgan fingerprint density at radius 2 is 2.26 bits per heavy atom. The first-order chi connectivity index (χ1) is 8.97. The van der Waals surface area contributed by atoms with E-state index in [1.807, 2.05) is 0 Å². The van der Waals surface area contributed by atoms with Gasteiger partial charge < -0.3 is 11.1 Å². The van der Waals surface area contributed by atoms with Gasteiger partial charge in [0.15, 0.2) is 0 Å². The highest BCUT2D eigenvalue weighted by atomic mass is 19.1. The van der Waals surface area contributed by atoms with Crippen LogP contribution in [0.15, 0.2) is 30.6 Å². The summed E-state index contributed by atoms with van der Waals surface area (Å²) in [5.74, 6) is -0.699. The summed E-state index contributed by atoms with van der Waals surface area (Å²) in [5.41, 5.74) is 7.66. The molecular formula is C13H15FN4O. The number of halogens is 1. The summed E-state index contributed by atoms with van der Waals surface area (Å²) < 4.78 is 14.5. The maximum Gasteiger partial charge on any atom is 0.246 e. The number of nitrogens with one attached hydrogen (secondary N) is 1. The highest BCUT2D eigenvalue weighted by molar-refractivity contribution is 5.95. The molecule has 100 valence electrons. The maximum atomic E-state index is 13.0. The maximum absolute atomic E-state index is 13.0. The minimum Gasteiger partial charge on any atom is -0.324 e. The van der Waals surface area contributed by atoms with Crippen molar-refractivity contribution >= 4 is 11.6 Å². The van der Waals surface area contributed by atoms with E-state index in [9.17, 15) is 9.18 Å². The fourth-order valence-electron chi connectivity index (χ4n) is 1.73. The molecule has 1 aromatic carbocycles. The van der Waals surface area contributed by atoms with Gasteiger partial charge in [0, 0.05) is 24.5 Å². The molecule has 0 saturated heterocycles. The quantitative estimate of drug-likeness (QED) is 0.880. The van der Waals surface area contributed by atoms with Gasteiger partial charge in [0.25, 0.3) is 0 Å². The van der Waals surface area contributed by atoms with Crippen molar-refractivity contribution in [2.24, 2.45) is 12.8 Å². The molecule has 0 aliphatic rings. The lowest BCUT2D eigenvalue weighted by Crippen LogP contribution is -2.27.